The van der Waals surface area contributed by atoms with Crippen LogP contribution in [0.1, 0.15) is 31.7 Å². The topological polar surface area (TPSA) is 32.3 Å². The van der Waals surface area contributed by atoms with Gasteiger partial charge < -0.3 is 10.2 Å². The van der Waals surface area contributed by atoms with Gasteiger partial charge in [0.15, 0.2) is 0 Å². The first-order valence-electron chi connectivity index (χ1n) is 6.41. The summed E-state index contributed by atoms with van der Waals surface area (Å²) in [7, 11) is 0. The highest BCUT2D eigenvalue weighted by molar-refractivity contribution is 5.76. The van der Waals surface area contributed by atoms with Gasteiger partial charge in [0.2, 0.25) is 5.91 Å². The Labute approximate surface area is 103 Å². The Morgan fingerprint density at radius 2 is 2.24 bits per heavy atom. The minimum Gasteiger partial charge on any atom is -0.383 e. The number of unbranched alkanes of at least 4 members (excludes halogenated alkanes) is 1. The van der Waals surface area contributed by atoms with Crippen LogP contribution >= 0.6 is 0 Å². The molecule has 0 unspecified atom stereocenters. The molecule has 1 N–H and O–H groups in total. The number of nitrogens with zero attached hydrogens (tertiary/aromatic N) is 1. The first kappa shape index (κ1) is 12.0. The summed E-state index contributed by atoms with van der Waals surface area (Å²) < 4.78 is 0. The molecule has 0 saturated carbocycles. The van der Waals surface area contributed by atoms with Crippen molar-refractivity contribution in [2.75, 3.05) is 18.4 Å². The Kier molecular flexibility index (Phi) is 4.02. The van der Waals surface area contributed by atoms with Gasteiger partial charge in [-0.05, 0) is 18.1 Å². The highest BCUT2D eigenvalue weighted by atomic mass is 16.2. The molecule has 1 aliphatic rings. The molecule has 1 heterocycles. The molecule has 1 amide bonds. The van der Waals surface area contributed by atoms with Gasteiger partial charge in [-0.1, -0.05) is 31.5 Å². The number of amides is 1. The maximum atomic E-state index is 12.0. The highest BCUT2D eigenvalue weighted by Crippen LogP contribution is 2.20. The molecule has 1 aliphatic heterocycles. The molecule has 17 heavy (non-hydrogen) atoms. The number of hydrogen-bond acceptors (Lipinski definition) is 2. The van der Waals surface area contributed by atoms with Crippen molar-refractivity contribution in [1.29, 1.82) is 0 Å². The van der Waals surface area contributed by atoms with E-state index in [2.05, 4.69) is 24.4 Å². The van der Waals surface area contributed by atoms with E-state index >= 15 is 0 Å². The zero-order valence-corrected chi connectivity index (χ0v) is 10.4. The van der Waals surface area contributed by atoms with Crippen LogP contribution in [0.2, 0.25) is 0 Å². The summed E-state index contributed by atoms with van der Waals surface area (Å²) in [6.45, 7) is 4.50. The van der Waals surface area contributed by atoms with Gasteiger partial charge in [0.05, 0.1) is 0 Å². The van der Waals surface area contributed by atoms with Crippen LogP contribution < -0.4 is 5.32 Å². The largest absolute Gasteiger partial charge is 0.383 e. The van der Waals surface area contributed by atoms with Gasteiger partial charge >= 0.3 is 0 Å². The lowest BCUT2D eigenvalue weighted by atomic mass is 10.1. The molecule has 0 bridgehead atoms. The lowest BCUT2D eigenvalue weighted by Gasteiger charge is -2.20. The Morgan fingerprint density at radius 1 is 1.41 bits per heavy atom. The van der Waals surface area contributed by atoms with Crippen molar-refractivity contribution in [2.45, 2.75) is 32.7 Å². The van der Waals surface area contributed by atoms with Crippen molar-refractivity contribution < 1.29 is 4.79 Å². The van der Waals surface area contributed by atoms with Crippen molar-refractivity contribution in [3.8, 4) is 0 Å². The lowest BCUT2D eigenvalue weighted by molar-refractivity contribution is -0.131. The summed E-state index contributed by atoms with van der Waals surface area (Å²) in [6, 6.07) is 8.23. The van der Waals surface area contributed by atoms with Gasteiger partial charge in [-0.2, -0.15) is 0 Å². The van der Waals surface area contributed by atoms with Crippen molar-refractivity contribution in [3.63, 3.8) is 0 Å². The quantitative estimate of drug-likeness (QED) is 0.869. The fourth-order valence-corrected chi connectivity index (χ4v) is 2.14. The van der Waals surface area contributed by atoms with E-state index in [1.54, 1.807) is 0 Å². The number of nitrogens with one attached hydrogen (secondary N) is 1. The minimum atomic E-state index is 0.283. The number of carbonyl (C=O) groups excluding carboxylic acids is 1. The van der Waals surface area contributed by atoms with E-state index in [1.165, 1.54) is 11.3 Å². The Balaban J connectivity index is 2.05. The van der Waals surface area contributed by atoms with E-state index < -0.39 is 0 Å². The third kappa shape index (κ3) is 2.99. The van der Waals surface area contributed by atoms with E-state index in [0.717, 1.165) is 32.5 Å². The average molecular weight is 232 g/mol. The predicted molar refractivity (Wildman–Crippen MR) is 69.9 cm³/mol. The smallest absolute Gasteiger partial charge is 0.222 e. The molecule has 1 aromatic carbocycles. The fourth-order valence-electron chi connectivity index (χ4n) is 2.14. The molecule has 1 aromatic rings. The van der Waals surface area contributed by atoms with E-state index in [-0.39, 0.29) is 5.91 Å². The number of fused-ring (bicyclic) bond motifs is 1. The van der Waals surface area contributed by atoms with Crippen molar-refractivity contribution >= 4 is 11.6 Å². The molecule has 0 radical (unpaired) electrons. The van der Waals surface area contributed by atoms with E-state index in [0.29, 0.717) is 6.42 Å². The van der Waals surface area contributed by atoms with E-state index in [1.807, 2.05) is 17.0 Å². The lowest BCUT2D eigenvalue weighted by Crippen LogP contribution is -2.32. The SMILES string of the molecule is CCCCC(=O)N1CCNc2ccccc2C1. The summed E-state index contributed by atoms with van der Waals surface area (Å²) in [5.41, 5.74) is 2.38. The van der Waals surface area contributed by atoms with Crippen LogP contribution in [0.4, 0.5) is 5.69 Å². The number of hydrogen-bond donors (Lipinski definition) is 1. The number of anilines is 1. The molecule has 0 aliphatic carbocycles. The van der Waals surface area contributed by atoms with E-state index in [9.17, 15) is 4.79 Å². The minimum absolute atomic E-state index is 0.283. The van der Waals surface area contributed by atoms with Gasteiger partial charge in [0.1, 0.15) is 0 Å². The second-order valence-electron chi connectivity index (χ2n) is 4.50. The van der Waals surface area contributed by atoms with Gasteiger partial charge in [-0.15, -0.1) is 0 Å². The number of rotatable bonds is 3. The summed E-state index contributed by atoms with van der Waals surface area (Å²) in [5, 5.41) is 3.37. The van der Waals surface area contributed by atoms with Crippen LogP contribution in [-0.2, 0) is 11.3 Å². The molecule has 0 atom stereocenters. The molecule has 0 fully saturated rings. The monoisotopic (exact) mass is 232 g/mol. The molecule has 92 valence electrons. The summed E-state index contributed by atoms with van der Waals surface area (Å²) >= 11 is 0. The first-order chi connectivity index (χ1) is 8.31. The number of carbonyl (C=O) groups is 1. The van der Waals surface area contributed by atoms with Crippen LogP contribution in [0.15, 0.2) is 24.3 Å². The van der Waals surface area contributed by atoms with E-state index in [4.69, 9.17) is 0 Å². The number of benzene rings is 1. The molecule has 2 rings (SSSR count). The molecular weight excluding hydrogens is 212 g/mol. The predicted octanol–water partition coefficient (Wildman–Crippen LogP) is 2.63. The zero-order chi connectivity index (χ0) is 12.1. The number of para-hydroxylation sites is 1. The van der Waals surface area contributed by atoms with Crippen LogP contribution in [-0.4, -0.2) is 23.9 Å². The molecule has 3 nitrogen and oxygen atoms in total. The van der Waals surface area contributed by atoms with Crippen LogP contribution in [0.25, 0.3) is 0 Å². The van der Waals surface area contributed by atoms with Crippen LogP contribution in [0.5, 0.6) is 0 Å². The van der Waals surface area contributed by atoms with Gasteiger partial charge in [-0.3, -0.25) is 4.79 Å². The van der Waals surface area contributed by atoms with Crippen molar-refractivity contribution in [1.82, 2.24) is 4.90 Å². The second kappa shape index (κ2) is 5.71. The standard InChI is InChI=1S/C14H20N2O/c1-2-3-8-14(17)16-10-9-15-13-7-5-4-6-12(13)11-16/h4-7,15H,2-3,8-11H2,1H3. The Hall–Kier alpha value is -1.51. The summed E-state index contributed by atoms with van der Waals surface area (Å²) in [4.78, 5) is 14.0. The first-order valence-corrected chi connectivity index (χ1v) is 6.41. The third-order valence-electron chi connectivity index (χ3n) is 3.17. The third-order valence-corrected chi connectivity index (χ3v) is 3.17. The molecule has 0 spiro atoms. The van der Waals surface area contributed by atoms with Gasteiger partial charge in [0, 0.05) is 31.7 Å². The van der Waals surface area contributed by atoms with Crippen LogP contribution in [0.3, 0.4) is 0 Å². The maximum absolute atomic E-state index is 12.0. The highest BCUT2D eigenvalue weighted by Gasteiger charge is 2.17. The molecule has 3 heteroatoms. The Bertz CT molecular complexity index is 390. The van der Waals surface area contributed by atoms with Gasteiger partial charge in [0.25, 0.3) is 0 Å². The normalized spacial score (nSPS) is 14.8. The zero-order valence-electron chi connectivity index (χ0n) is 10.4. The summed E-state index contributed by atoms with van der Waals surface area (Å²) in [6.07, 6.45) is 2.75. The maximum Gasteiger partial charge on any atom is 0.222 e. The molecular formula is C14H20N2O. The average Bonchev–Trinajstić information content (AvgIpc) is 2.58. The summed E-state index contributed by atoms with van der Waals surface area (Å²) in [5.74, 6) is 0.283. The van der Waals surface area contributed by atoms with Crippen LogP contribution in [0, 0.1) is 0 Å². The molecule has 0 aromatic heterocycles. The van der Waals surface area contributed by atoms with Crippen molar-refractivity contribution in [2.24, 2.45) is 0 Å². The van der Waals surface area contributed by atoms with Gasteiger partial charge in [-0.25, -0.2) is 0 Å². The second-order valence-corrected chi connectivity index (χ2v) is 4.50. The fraction of sp³-hybridized carbons (Fsp3) is 0.500. The molecule has 0 saturated heterocycles. The van der Waals surface area contributed by atoms with Crippen molar-refractivity contribution in [3.05, 3.63) is 29.8 Å². The Morgan fingerprint density at radius 3 is 3.06 bits per heavy atom.